The number of hydrogen-bond acceptors (Lipinski definition) is 5. The Morgan fingerprint density at radius 1 is 1.00 bits per heavy atom. The van der Waals surface area contributed by atoms with Crippen LogP contribution in [-0.2, 0) is 6.61 Å². The lowest BCUT2D eigenvalue weighted by Gasteiger charge is -2.07. The van der Waals surface area contributed by atoms with Gasteiger partial charge in [-0.3, -0.25) is 10.1 Å². The van der Waals surface area contributed by atoms with Crippen LogP contribution in [0.1, 0.15) is 16.7 Å². The van der Waals surface area contributed by atoms with Crippen LogP contribution >= 0.6 is 0 Å². The van der Waals surface area contributed by atoms with E-state index in [1.807, 2.05) is 54.6 Å². The summed E-state index contributed by atoms with van der Waals surface area (Å²) in [5.74, 6) is 1.41. The lowest BCUT2D eigenvalue weighted by molar-refractivity contribution is -0.384. The lowest BCUT2D eigenvalue weighted by Crippen LogP contribution is -1.96. The molecule has 0 amide bonds. The number of nitriles is 1. The summed E-state index contributed by atoms with van der Waals surface area (Å²) in [6, 6.07) is 23.2. The molecule has 0 aliphatic rings. The summed E-state index contributed by atoms with van der Waals surface area (Å²) in [5.41, 5.74) is 3.12. The van der Waals surface area contributed by atoms with Crippen molar-refractivity contribution in [2.24, 2.45) is 0 Å². The fourth-order valence-corrected chi connectivity index (χ4v) is 2.66. The van der Waals surface area contributed by atoms with Crippen LogP contribution in [0.2, 0.25) is 0 Å². The van der Waals surface area contributed by atoms with Gasteiger partial charge in [-0.15, -0.1) is 0 Å². The van der Waals surface area contributed by atoms with Gasteiger partial charge in [0, 0.05) is 12.1 Å². The quantitative estimate of drug-likeness (QED) is 0.240. The molecule has 0 spiro atoms. The highest BCUT2D eigenvalue weighted by Gasteiger charge is 2.05. The number of methoxy groups -OCH3 is 1. The monoisotopic (exact) mass is 386 g/mol. The van der Waals surface area contributed by atoms with Crippen molar-refractivity contribution in [2.45, 2.75) is 6.61 Å². The van der Waals surface area contributed by atoms with Gasteiger partial charge < -0.3 is 9.47 Å². The van der Waals surface area contributed by atoms with Gasteiger partial charge in [-0.05, 0) is 71.3 Å². The molecule has 29 heavy (non-hydrogen) atoms. The van der Waals surface area contributed by atoms with Crippen LogP contribution in [0.4, 0.5) is 5.69 Å². The van der Waals surface area contributed by atoms with Crippen molar-refractivity contribution in [3.05, 3.63) is 99.6 Å². The summed E-state index contributed by atoms with van der Waals surface area (Å²) in [7, 11) is 1.60. The van der Waals surface area contributed by atoms with Crippen molar-refractivity contribution in [1.29, 1.82) is 5.26 Å². The molecule has 0 N–H and O–H groups in total. The summed E-state index contributed by atoms with van der Waals surface area (Å²) in [4.78, 5) is 10.3. The van der Waals surface area contributed by atoms with Crippen LogP contribution in [0.5, 0.6) is 11.5 Å². The van der Waals surface area contributed by atoms with Gasteiger partial charge in [0.05, 0.1) is 23.7 Å². The summed E-state index contributed by atoms with van der Waals surface area (Å²) in [6.45, 7) is 0.308. The molecule has 0 aliphatic heterocycles. The van der Waals surface area contributed by atoms with Gasteiger partial charge in [-0.25, -0.2) is 0 Å². The van der Waals surface area contributed by atoms with Crippen LogP contribution in [0, 0.1) is 21.4 Å². The number of benzene rings is 3. The third-order valence-electron chi connectivity index (χ3n) is 4.27. The number of nitrogens with zero attached hydrogens (tertiary/aromatic N) is 2. The van der Waals surface area contributed by atoms with Crippen LogP contribution in [0.3, 0.4) is 0 Å². The molecular formula is C23H18N2O4. The number of hydrogen-bond donors (Lipinski definition) is 0. The van der Waals surface area contributed by atoms with E-state index in [9.17, 15) is 15.4 Å². The highest BCUT2D eigenvalue weighted by atomic mass is 16.6. The summed E-state index contributed by atoms with van der Waals surface area (Å²) in [6.07, 6.45) is 1.81. The molecule has 0 atom stereocenters. The largest absolute Gasteiger partial charge is 0.497 e. The molecule has 3 aromatic carbocycles. The number of nitro benzene ring substituents is 1. The van der Waals surface area contributed by atoms with Crippen LogP contribution in [-0.4, -0.2) is 12.0 Å². The summed E-state index contributed by atoms with van der Waals surface area (Å²) < 4.78 is 10.9. The van der Waals surface area contributed by atoms with E-state index in [-0.39, 0.29) is 5.69 Å². The average Bonchev–Trinajstić information content (AvgIpc) is 2.77. The summed E-state index contributed by atoms with van der Waals surface area (Å²) in [5, 5.41) is 20.2. The molecule has 0 fully saturated rings. The highest BCUT2D eigenvalue weighted by Crippen LogP contribution is 2.22. The van der Waals surface area contributed by atoms with Gasteiger partial charge in [-0.1, -0.05) is 12.1 Å². The summed E-state index contributed by atoms with van der Waals surface area (Å²) >= 11 is 0. The maximum atomic E-state index is 10.7. The molecule has 0 saturated carbocycles. The molecule has 3 aromatic rings. The topological polar surface area (TPSA) is 85.4 Å². The zero-order valence-corrected chi connectivity index (χ0v) is 15.7. The Morgan fingerprint density at radius 3 is 2.17 bits per heavy atom. The van der Waals surface area contributed by atoms with Crippen molar-refractivity contribution >= 4 is 17.3 Å². The average molecular weight is 386 g/mol. The molecule has 0 aliphatic carbocycles. The van der Waals surface area contributed by atoms with Gasteiger partial charge >= 0.3 is 0 Å². The van der Waals surface area contributed by atoms with Crippen molar-refractivity contribution in [1.82, 2.24) is 0 Å². The van der Waals surface area contributed by atoms with Gasteiger partial charge in [0.2, 0.25) is 0 Å². The molecule has 144 valence electrons. The van der Waals surface area contributed by atoms with E-state index in [0.717, 1.165) is 22.4 Å². The number of ether oxygens (including phenoxy) is 2. The molecule has 0 aromatic heterocycles. The second kappa shape index (κ2) is 9.20. The van der Waals surface area contributed by atoms with Crippen molar-refractivity contribution in [3.8, 4) is 17.6 Å². The Hall–Kier alpha value is -4.11. The smallest absolute Gasteiger partial charge is 0.269 e. The number of allylic oxidation sites excluding steroid dienone is 1. The van der Waals surface area contributed by atoms with E-state index in [4.69, 9.17) is 9.47 Å². The number of nitro groups is 1. The Balaban J connectivity index is 1.66. The first-order chi connectivity index (χ1) is 14.1. The van der Waals surface area contributed by atoms with Gasteiger partial charge in [0.25, 0.3) is 5.69 Å². The van der Waals surface area contributed by atoms with E-state index < -0.39 is 4.92 Å². The SMILES string of the molecule is COc1ccc(/C(C#N)=C/c2ccc(OCc3ccc([N+](=O)[O-])cc3)cc2)cc1. The van der Waals surface area contributed by atoms with Crippen LogP contribution in [0.15, 0.2) is 72.8 Å². The predicted molar refractivity (Wildman–Crippen MR) is 110 cm³/mol. The highest BCUT2D eigenvalue weighted by molar-refractivity contribution is 5.89. The van der Waals surface area contributed by atoms with E-state index >= 15 is 0 Å². The minimum Gasteiger partial charge on any atom is -0.497 e. The predicted octanol–water partition coefficient (Wildman–Crippen LogP) is 5.25. The van der Waals surface area contributed by atoms with E-state index in [1.165, 1.54) is 12.1 Å². The standard InChI is InChI=1S/C23H18N2O4/c1-28-22-12-6-19(7-13-22)20(15-24)14-17-4-10-23(11-5-17)29-16-18-2-8-21(9-3-18)25(26)27/h2-14H,16H2,1H3/b20-14+. The van der Waals surface area contributed by atoms with Crippen molar-refractivity contribution < 1.29 is 14.4 Å². The minimum absolute atomic E-state index is 0.0510. The second-order valence-electron chi connectivity index (χ2n) is 6.18. The van der Waals surface area contributed by atoms with Crippen molar-refractivity contribution in [2.75, 3.05) is 7.11 Å². The molecule has 6 nitrogen and oxygen atoms in total. The maximum Gasteiger partial charge on any atom is 0.269 e. The van der Waals surface area contributed by atoms with E-state index in [2.05, 4.69) is 6.07 Å². The van der Waals surface area contributed by atoms with E-state index in [1.54, 1.807) is 19.2 Å². The fourth-order valence-electron chi connectivity index (χ4n) is 2.66. The molecule has 0 unspecified atom stereocenters. The number of non-ortho nitro benzene ring substituents is 1. The zero-order chi connectivity index (χ0) is 20.6. The minimum atomic E-state index is -0.432. The third kappa shape index (κ3) is 5.21. The van der Waals surface area contributed by atoms with Gasteiger partial charge in [-0.2, -0.15) is 5.26 Å². The Labute approximate surface area is 168 Å². The molecule has 6 heteroatoms. The Bertz CT molecular complexity index is 1050. The third-order valence-corrected chi connectivity index (χ3v) is 4.27. The molecular weight excluding hydrogens is 368 g/mol. The normalized spacial score (nSPS) is 10.8. The first-order valence-corrected chi connectivity index (χ1v) is 8.81. The van der Waals surface area contributed by atoms with E-state index in [0.29, 0.717) is 17.9 Å². The molecule has 0 heterocycles. The fraction of sp³-hybridized carbons (Fsp3) is 0.0870. The first-order valence-electron chi connectivity index (χ1n) is 8.81. The molecule has 0 bridgehead atoms. The Kier molecular flexibility index (Phi) is 6.23. The van der Waals surface area contributed by atoms with Crippen LogP contribution in [0.25, 0.3) is 11.6 Å². The van der Waals surface area contributed by atoms with Gasteiger partial charge in [0.15, 0.2) is 0 Å². The maximum absolute atomic E-state index is 10.7. The second-order valence-corrected chi connectivity index (χ2v) is 6.18. The zero-order valence-electron chi connectivity index (χ0n) is 15.7. The van der Waals surface area contributed by atoms with Crippen molar-refractivity contribution in [3.63, 3.8) is 0 Å². The molecule has 3 rings (SSSR count). The molecule has 0 radical (unpaired) electrons. The molecule has 0 saturated heterocycles. The lowest BCUT2D eigenvalue weighted by atomic mass is 10.0. The first kappa shape index (κ1) is 19.6. The Morgan fingerprint density at radius 2 is 1.62 bits per heavy atom. The van der Waals surface area contributed by atoms with Crippen LogP contribution < -0.4 is 9.47 Å². The number of rotatable bonds is 7. The van der Waals surface area contributed by atoms with Gasteiger partial charge in [0.1, 0.15) is 18.1 Å².